The van der Waals surface area contributed by atoms with Gasteiger partial charge in [-0.2, -0.15) is 5.26 Å². The van der Waals surface area contributed by atoms with Crippen molar-refractivity contribution in [3.05, 3.63) is 112 Å². The highest BCUT2D eigenvalue weighted by Crippen LogP contribution is 2.26. The number of ether oxygens (including phenoxy) is 2. The maximum atomic E-state index is 15.3. The van der Waals surface area contributed by atoms with Gasteiger partial charge in [0.25, 0.3) is 0 Å². The molecule has 0 bridgehead atoms. The zero-order chi connectivity index (χ0) is 29.8. The van der Waals surface area contributed by atoms with E-state index in [0.29, 0.717) is 46.8 Å². The number of halogens is 3. The summed E-state index contributed by atoms with van der Waals surface area (Å²) in [5, 5.41) is 18.2. The monoisotopic (exact) mass is 572 g/mol. The first kappa shape index (κ1) is 28.3. The van der Waals surface area contributed by atoms with Crippen LogP contribution >= 0.6 is 0 Å². The minimum atomic E-state index is -1.06. The number of pyridine rings is 1. The highest BCUT2D eigenvalue weighted by molar-refractivity contribution is 5.92. The van der Waals surface area contributed by atoms with Crippen molar-refractivity contribution in [2.75, 3.05) is 13.7 Å². The molecule has 0 aliphatic carbocycles. The van der Waals surface area contributed by atoms with Crippen LogP contribution in [-0.4, -0.2) is 39.3 Å². The fourth-order valence-corrected chi connectivity index (χ4v) is 4.49. The summed E-state index contributed by atoms with van der Waals surface area (Å²) in [4.78, 5) is 20.5. The smallest absolute Gasteiger partial charge is 0.335 e. The normalized spacial score (nSPS) is 11.0. The van der Waals surface area contributed by atoms with Gasteiger partial charge in [-0.3, -0.25) is 0 Å². The van der Waals surface area contributed by atoms with E-state index < -0.39 is 29.0 Å². The Morgan fingerprint density at radius 1 is 0.976 bits per heavy atom. The molecule has 8 nitrogen and oxygen atoms in total. The molecule has 0 saturated carbocycles. The molecule has 11 heteroatoms. The summed E-state index contributed by atoms with van der Waals surface area (Å²) in [6.45, 7) is 0.436. The molecule has 0 spiro atoms. The number of hydrogen-bond donors (Lipinski definition) is 1. The minimum absolute atomic E-state index is 0.0789. The first-order valence-electron chi connectivity index (χ1n) is 12.8. The number of imidazole rings is 1. The van der Waals surface area contributed by atoms with E-state index in [2.05, 4.69) is 9.97 Å². The summed E-state index contributed by atoms with van der Waals surface area (Å²) < 4.78 is 56.0. The largest absolute Gasteiger partial charge is 0.478 e. The molecular weight excluding hydrogens is 549 g/mol. The van der Waals surface area contributed by atoms with Crippen LogP contribution in [0, 0.1) is 28.8 Å². The summed E-state index contributed by atoms with van der Waals surface area (Å²) in [5.41, 5.74) is 2.09. The first-order chi connectivity index (χ1) is 20.3. The van der Waals surface area contributed by atoms with Crippen LogP contribution in [0.15, 0.2) is 66.7 Å². The van der Waals surface area contributed by atoms with Crippen LogP contribution in [0.4, 0.5) is 13.2 Å². The van der Waals surface area contributed by atoms with Crippen molar-refractivity contribution < 1.29 is 32.5 Å². The number of carboxylic acids is 1. The lowest BCUT2D eigenvalue weighted by molar-refractivity contribution is 0.0697. The average molecular weight is 573 g/mol. The van der Waals surface area contributed by atoms with Crippen molar-refractivity contribution in [3.8, 4) is 23.2 Å². The molecule has 212 valence electrons. The number of aromatic nitrogens is 3. The minimum Gasteiger partial charge on any atom is -0.478 e. The molecule has 0 unspecified atom stereocenters. The number of methoxy groups -OCH3 is 1. The van der Waals surface area contributed by atoms with Crippen LogP contribution in [0.3, 0.4) is 0 Å². The fraction of sp³-hybridized carbons (Fsp3) is 0.161. The third-order valence-corrected chi connectivity index (χ3v) is 6.65. The van der Waals surface area contributed by atoms with Gasteiger partial charge in [0.1, 0.15) is 36.0 Å². The molecule has 42 heavy (non-hydrogen) atoms. The predicted octanol–water partition coefficient (Wildman–Crippen LogP) is 5.90. The van der Waals surface area contributed by atoms with E-state index in [-0.39, 0.29) is 30.0 Å². The zero-order valence-electron chi connectivity index (χ0n) is 22.3. The quantitative estimate of drug-likeness (QED) is 0.222. The maximum Gasteiger partial charge on any atom is 0.335 e. The summed E-state index contributed by atoms with van der Waals surface area (Å²) in [5.74, 6) is -2.51. The van der Waals surface area contributed by atoms with Gasteiger partial charge in [-0.25, -0.2) is 27.9 Å². The number of fused-ring (bicyclic) bond motifs is 1. The molecule has 0 fully saturated rings. The first-order valence-corrected chi connectivity index (χ1v) is 12.8. The molecule has 0 atom stereocenters. The number of hydrogen-bond acceptors (Lipinski definition) is 6. The lowest BCUT2D eigenvalue weighted by Crippen LogP contribution is -2.10. The molecule has 0 radical (unpaired) electrons. The van der Waals surface area contributed by atoms with Gasteiger partial charge >= 0.3 is 5.97 Å². The van der Waals surface area contributed by atoms with Crippen LogP contribution in [0.25, 0.3) is 22.3 Å². The van der Waals surface area contributed by atoms with Crippen LogP contribution in [0.2, 0.25) is 0 Å². The molecule has 0 aliphatic heterocycles. The summed E-state index contributed by atoms with van der Waals surface area (Å²) in [6.07, 6.45) is 0.149. The molecule has 5 aromatic rings. The zero-order valence-corrected chi connectivity index (χ0v) is 22.3. The molecule has 1 N–H and O–H groups in total. The molecule has 2 heterocycles. The van der Waals surface area contributed by atoms with Gasteiger partial charge in [-0.1, -0.05) is 18.2 Å². The van der Waals surface area contributed by atoms with E-state index in [1.807, 2.05) is 4.57 Å². The molecule has 0 aliphatic rings. The Labute approximate surface area is 238 Å². The summed E-state index contributed by atoms with van der Waals surface area (Å²) in [6, 6.07) is 17.4. The van der Waals surface area contributed by atoms with Crippen molar-refractivity contribution in [1.29, 1.82) is 5.26 Å². The molecule has 0 saturated heterocycles. The third kappa shape index (κ3) is 5.94. The van der Waals surface area contributed by atoms with Crippen molar-refractivity contribution in [1.82, 2.24) is 14.5 Å². The lowest BCUT2D eigenvalue weighted by atomic mass is 10.1. The fourth-order valence-electron chi connectivity index (χ4n) is 4.49. The van der Waals surface area contributed by atoms with Crippen LogP contribution in [-0.2, 0) is 24.3 Å². The number of carbonyl (C=O) groups is 1. The van der Waals surface area contributed by atoms with Crippen LogP contribution in [0.5, 0.6) is 5.88 Å². The molecule has 3 aromatic carbocycles. The van der Waals surface area contributed by atoms with Gasteiger partial charge in [0, 0.05) is 37.3 Å². The molecule has 2 aromatic heterocycles. The van der Waals surface area contributed by atoms with Gasteiger partial charge in [0.05, 0.1) is 34.5 Å². The van der Waals surface area contributed by atoms with Crippen molar-refractivity contribution in [2.45, 2.75) is 19.6 Å². The molecule has 5 rings (SSSR count). The Hall–Kier alpha value is -5.21. The molecule has 0 amide bonds. The van der Waals surface area contributed by atoms with Gasteiger partial charge in [-0.05, 0) is 48.0 Å². The lowest BCUT2D eigenvalue weighted by Gasteiger charge is -2.11. The molecular formula is C31H23F3N4O4. The Morgan fingerprint density at radius 3 is 2.52 bits per heavy atom. The van der Waals surface area contributed by atoms with Gasteiger partial charge < -0.3 is 19.1 Å². The van der Waals surface area contributed by atoms with E-state index in [4.69, 9.17) is 14.7 Å². The second kappa shape index (κ2) is 12.1. The van der Waals surface area contributed by atoms with E-state index in [9.17, 15) is 18.7 Å². The number of rotatable bonds is 10. The van der Waals surface area contributed by atoms with Gasteiger partial charge in [0.2, 0.25) is 5.88 Å². The maximum absolute atomic E-state index is 15.3. The van der Waals surface area contributed by atoms with E-state index in [1.54, 1.807) is 43.5 Å². The number of aromatic carboxylic acids is 1. The van der Waals surface area contributed by atoms with Gasteiger partial charge in [0.15, 0.2) is 0 Å². The summed E-state index contributed by atoms with van der Waals surface area (Å²) >= 11 is 0. The second-order valence-corrected chi connectivity index (χ2v) is 9.35. The standard InChI is InChI=1S/C31H23F3N4O4/c1-41-10-9-38-28-14-20(31(39)40)7-8-27(28)36-29(38)15-18-5-6-19(11-23(18)32)26-3-2-4-30(37-26)42-17-22-13-24(33)21(16-35)12-25(22)34/h2-8,11-14H,9-10,15,17H2,1H3,(H,39,40). The van der Waals surface area contributed by atoms with Crippen molar-refractivity contribution >= 4 is 17.0 Å². The van der Waals surface area contributed by atoms with E-state index in [1.165, 1.54) is 24.3 Å². The SMILES string of the molecule is COCCn1c(Cc2ccc(-c3cccc(OCc4cc(F)c(C#N)cc4F)n3)cc2F)nc2ccc(C(=O)O)cc21. The highest BCUT2D eigenvalue weighted by Gasteiger charge is 2.17. The van der Waals surface area contributed by atoms with E-state index in [0.717, 1.165) is 12.1 Å². The number of carboxylic acid groups (broad SMARTS) is 1. The summed E-state index contributed by atoms with van der Waals surface area (Å²) in [7, 11) is 1.55. The highest BCUT2D eigenvalue weighted by atomic mass is 19.1. The van der Waals surface area contributed by atoms with Crippen molar-refractivity contribution in [2.24, 2.45) is 0 Å². The van der Waals surface area contributed by atoms with Gasteiger partial charge in [-0.15, -0.1) is 0 Å². The predicted molar refractivity (Wildman–Crippen MR) is 146 cm³/mol. The van der Waals surface area contributed by atoms with Crippen LogP contribution in [0.1, 0.15) is 32.9 Å². The Morgan fingerprint density at radius 2 is 1.79 bits per heavy atom. The number of nitriles is 1. The Kier molecular flexibility index (Phi) is 8.17. The average Bonchev–Trinajstić information content (AvgIpc) is 3.33. The third-order valence-electron chi connectivity index (χ3n) is 6.65. The van der Waals surface area contributed by atoms with E-state index >= 15 is 4.39 Å². The number of nitrogens with zero attached hydrogens (tertiary/aromatic N) is 4. The van der Waals surface area contributed by atoms with Crippen molar-refractivity contribution in [3.63, 3.8) is 0 Å². The number of benzene rings is 3. The van der Waals surface area contributed by atoms with Crippen LogP contribution < -0.4 is 4.74 Å². The Balaban J connectivity index is 1.37. The second-order valence-electron chi connectivity index (χ2n) is 9.35. The Bertz CT molecular complexity index is 1850. The topological polar surface area (TPSA) is 110 Å².